The Hall–Kier alpha value is -1.52. The molecular formula is C14H16O3S. The van der Waals surface area contributed by atoms with Crippen molar-refractivity contribution in [3.8, 4) is 11.5 Å². The van der Waals surface area contributed by atoms with Crippen LogP contribution in [0.15, 0.2) is 36.4 Å². The lowest BCUT2D eigenvalue weighted by molar-refractivity contribution is 0.109. The zero-order chi connectivity index (χ0) is 13.0. The SMILES string of the molecule is COc1ccccc1OCC(O)c1ccc(C)s1. The molecule has 0 aliphatic heterocycles. The number of hydrogen-bond donors (Lipinski definition) is 1. The van der Waals surface area contributed by atoms with Gasteiger partial charge >= 0.3 is 0 Å². The smallest absolute Gasteiger partial charge is 0.161 e. The predicted octanol–water partition coefficient (Wildman–Crippen LogP) is 3.18. The number of aryl methyl sites for hydroxylation is 1. The van der Waals surface area contributed by atoms with Crippen molar-refractivity contribution in [3.05, 3.63) is 46.2 Å². The first kappa shape index (κ1) is 12.9. The minimum atomic E-state index is -0.603. The Labute approximate surface area is 111 Å². The summed E-state index contributed by atoms with van der Waals surface area (Å²) in [5.74, 6) is 1.32. The molecule has 0 saturated carbocycles. The molecule has 0 amide bonds. The lowest BCUT2D eigenvalue weighted by atomic mass is 10.3. The highest BCUT2D eigenvalue weighted by Gasteiger charge is 2.12. The monoisotopic (exact) mass is 264 g/mol. The molecule has 18 heavy (non-hydrogen) atoms. The largest absolute Gasteiger partial charge is 0.493 e. The van der Waals surface area contributed by atoms with Gasteiger partial charge in [0, 0.05) is 9.75 Å². The van der Waals surface area contributed by atoms with E-state index in [9.17, 15) is 5.11 Å². The molecule has 1 aromatic heterocycles. The lowest BCUT2D eigenvalue weighted by Gasteiger charge is -2.13. The Bertz CT molecular complexity index is 507. The van der Waals surface area contributed by atoms with E-state index in [0.717, 1.165) is 4.88 Å². The summed E-state index contributed by atoms with van der Waals surface area (Å²) in [6, 6.07) is 11.3. The molecule has 0 aliphatic rings. The first-order valence-electron chi connectivity index (χ1n) is 5.71. The van der Waals surface area contributed by atoms with E-state index in [2.05, 4.69) is 0 Å². The van der Waals surface area contributed by atoms with Crippen molar-refractivity contribution >= 4 is 11.3 Å². The van der Waals surface area contributed by atoms with E-state index in [0.29, 0.717) is 11.5 Å². The molecule has 0 radical (unpaired) electrons. The molecule has 3 nitrogen and oxygen atoms in total. The quantitative estimate of drug-likeness (QED) is 0.901. The number of methoxy groups -OCH3 is 1. The molecule has 2 rings (SSSR count). The Morgan fingerprint density at radius 1 is 1.17 bits per heavy atom. The van der Waals surface area contributed by atoms with Gasteiger partial charge in [0.1, 0.15) is 12.7 Å². The van der Waals surface area contributed by atoms with Gasteiger partial charge in [-0.15, -0.1) is 11.3 Å². The van der Waals surface area contributed by atoms with Gasteiger partial charge < -0.3 is 14.6 Å². The van der Waals surface area contributed by atoms with Crippen LogP contribution in [0.1, 0.15) is 15.9 Å². The highest BCUT2D eigenvalue weighted by Crippen LogP contribution is 2.28. The fourth-order valence-corrected chi connectivity index (χ4v) is 2.47. The summed E-state index contributed by atoms with van der Waals surface area (Å²) < 4.78 is 10.8. The van der Waals surface area contributed by atoms with Crippen LogP contribution < -0.4 is 9.47 Å². The zero-order valence-corrected chi connectivity index (χ0v) is 11.2. The van der Waals surface area contributed by atoms with E-state index in [1.807, 2.05) is 43.3 Å². The summed E-state index contributed by atoms with van der Waals surface area (Å²) in [6.07, 6.45) is -0.603. The number of aliphatic hydroxyl groups excluding tert-OH is 1. The lowest BCUT2D eigenvalue weighted by Crippen LogP contribution is -2.08. The average molecular weight is 264 g/mol. The van der Waals surface area contributed by atoms with E-state index < -0.39 is 6.10 Å². The molecule has 1 N–H and O–H groups in total. The van der Waals surface area contributed by atoms with E-state index in [4.69, 9.17) is 9.47 Å². The van der Waals surface area contributed by atoms with Crippen LogP contribution in [0.5, 0.6) is 11.5 Å². The molecule has 4 heteroatoms. The third-order valence-corrected chi connectivity index (χ3v) is 3.66. The molecule has 0 spiro atoms. The number of aliphatic hydroxyl groups is 1. The molecule has 0 bridgehead atoms. The van der Waals surface area contributed by atoms with E-state index >= 15 is 0 Å². The van der Waals surface area contributed by atoms with Crippen LogP contribution in [0.4, 0.5) is 0 Å². The van der Waals surface area contributed by atoms with Crippen LogP contribution in [-0.4, -0.2) is 18.8 Å². The van der Waals surface area contributed by atoms with E-state index in [1.165, 1.54) is 4.88 Å². The highest BCUT2D eigenvalue weighted by molar-refractivity contribution is 7.12. The Morgan fingerprint density at radius 2 is 1.89 bits per heavy atom. The van der Waals surface area contributed by atoms with Crippen LogP contribution in [0, 0.1) is 6.92 Å². The molecule has 0 fully saturated rings. The Balaban J connectivity index is 1.99. The van der Waals surface area contributed by atoms with Gasteiger partial charge in [0.25, 0.3) is 0 Å². The molecule has 0 aliphatic carbocycles. The van der Waals surface area contributed by atoms with Crippen molar-refractivity contribution < 1.29 is 14.6 Å². The molecule has 1 aromatic carbocycles. The van der Waals surface area contributed by atoms with Crippen molar-refractivity contribution in [2.75, 3.05) is 13.7 Å². The van der Waals surface area contributed by atoms with Gasteiger partial charge in [-0.1, -0.05) is 12.1 Å². The number of ether oxygens (including phenoxy) is 2. The summed E-state index contributed by atoms with van der Waals surface area (Å²) in [6.45, 7) is 2.24. The van der Waals surface area contributed by atoms with Crippen molar-refractivity contribution in [3.63, 3.8) is 0 Å². The summed E-state index contributed by atoms with van der Waals surface area (Å²) in [5, 5.41) is 10.0. The summed E-state index contributed by atoms with van der Waals surface area (Å²) in [4.78, 5) is 2.10. The fourth-order valence-electron chi connectivity index (χ4n) is 1.62. The minimum Gasteiger partial charge on any atom is -0.493 e. The van der Waals surface area contributed by atoms with Crippen molar-refractivity contribution in [2.24, 2.45) is 0 Å². The predicted molar refractivity (Wildman–Crippen MR) is 72.5 cm³/mol. The van der Waals surface area contributed by atoms with Crippen LogP contribution in [0.3, 0.4) is 0 Å². The number of para-hydroxylation sites is 2. The molecule has 96 valence electrons. The molecular weight excluding hydrogens is 248 g/mol. The Morgan fingerprint density at radius 3 is 2.50 bits per heavy atom. The second-order valence-corrected chi connectivity index (χ2v) is 5.25. The second kappa shape index (κ2) is 5.89. The van der Waals surface area contributed by atoms with Crippen molar-refractivity contribution in [1.29, 1.82) is 0 Å². The third-order valence-electron chi connectivity index (χ3n) is 2.56. The molecule has 1 heterocycles. The highest BCUT2D eigenvalue weighted by atomic mass is 32.1. The van der Waals surface area contributed by atoms with Gasteiger partial charge in [0.05, 0.1) is 7.11 Å². The standard InChI is InChI=1S/C14H16O3S/c1-10-7-8-14(18-10)11(15)9-17-13-6-4-3-5-12(13)16-2/h3-8,11,15H,9H2,1-2H3. The van der Waals surface area contributed by atoms with E-state index in [-0.39, 0.29) is 6.61 Å². The van der Waals surface area contributed by atoms with Crippen LogP contribution in [0.25, 0.3) is 0 Å². The third kappa shape index (κ3) is 3.03. The zero-order valence-electron chi connectivity index (χ0n) is 10.4. The average Bonchev–Trinajstić information content (AvgIpc) is 2.83. The van der Waals surface area contributed by atoms with Crippen LogP contribution in [-0.2, 0) is 0 Å². The number of rotatable bonds is 5. The normalized spacial score (nSPS) is 12.2. The minimum absolute atomic E-state index is 0.223. The summed E-state index contributed by atoms with van der Waals surface area (Å²) >= 11 is 1.58. The van der Waals surface area contributed by atoms with Gasteiger partial charge in [0.2, 0.25) is 0 Å². The van der Waals surface area contributed by atoms with Gasteiger partial charge in [0.15, 0.2) is 11.5 Å². The van der Waals surface area contributed by atoms with Gasteiger partial charge in [-0.05, 0) is 31.2 Å². The first-order chi connectivity index (χ1) is 8.70. The number of benzene rings is 1. The maximum atomic E-state index is 10.0. The van der Waals surface area contributed by atoms with E-state index in [1.54, 1.807) is 18.4 Å². The number of hydrogen-bond acceptors (Lipinski definition) is 4. The molecule has 1 unspecified atom stereocenters. The van der Waals surface area contributed by atoms with Crippen molar-refractivity contribution in [2.45, 2.75) is 13.0 Å². The van der Waals surface area contributed by atoms with Crippen molar-refractivity contribution in [1.82, 2.24) is 0 Å². The summed E-state index contributed by atoms with van der Waals surface area (Å²) in [7, 11) is 1.60. The summed E-state index contributed by atoms with van der Waals surface area (Å²) in [5.41, 5.74) is 0. The fraction of sp³-hybridized carbons (Fsp3) is 0.286. The molecule has 1 atom stereocenters. The van der Waals surface area contributed by atoms with Gasteiger partial charge in [-0.25, -0.2) is 0 Å². The van der Waals surface area contributed by atoms with Gasteiger partial charge in [-0.2, -0.15) is 0 Å². The molecule has 0 saturated heterocycles. The van der Waals surface area contributed by atoms with Crippen LogP contribution >= 0.6 is 11.3 Å². The molecule has 2 aromatic rings. The maximum Gasteiger partial charge on any atom is 0.161 e. The number of thiophene rings is 1. The Kier molecular flexibility index (Phi) is 4.23. The first-order valence-corrected chi connectivity index (χ1v) is 6.52. The maximum absolute atomic E-state index is 10.0. The van der Waals surface area contributed by atoms with Crippen LogP contribution in [0.2, 0.25) is 0 Å². The second-order valence-electron chi connectivity index (χ2n) is 3.93. The topological polar surface area (TPSA) is 38.7 Å². The van der Waals surface area contributed by atoms with Gasteiger partial charge in [-0.3, -0.25) is 0 Å².